The maximum absolute atomic E-state index is 12.5. The second kappa shape index (κ2) is 7.71. The van der Waals surface area contributed by atoms with E-state index >= 15 is 0 Å². The van der Waals surface area contributed by atoms with Gasteiger partial charge < -0.3 is 4.74 Å². The van der Waals surface area contributed by atoms with Gasteiger partial charge in [-0.2, -0.15) is 0 Å². The number of ketones is 1. The van der Waals surface area contributed by atoms with Gasteiger partial charge in [0.15, 0.2) is 0 Å². The molecule has 2 aromatic heterocycles. The van der Waals surface area contributed by atoms with E-state index < -0.39 is 10.0 Å². The molecule has 5 nitrogen and oxygen atoms in total. The zero-order chi connectivity index (χ0) is 18.7. The molecular formula is C18H17NO4S3. The summed E-state index contributed by atoms with van der Waals surface area (Å²) in [5.41, 5.74) is 0.746. The molecule has 0 aliphatic carbocycles. The monoisotopic (exact) mass is 407 g/mol. The highest BCUT2D eigenvalue weighted by atomic mass is 32.2. The zero-order valence-corrected chi connectivity index (χ0v) is 16.6. The predicted octanol–water partition coefficient (Wildman–Crippen LogP) is 3.84. The molecule has 0 aliphatic heterocycles. The molecule has 0 radical (unpaired) electrons. The summed E-state index contributed by atoms with van der Waals surface area (Å²) in [7, 11) is -2.10. The number of nitrogens with one attached hydrogen (secondary N) is 1. The molecule has 0 saturated carbocycles. The van der Waals surface area contributed by atoms with Crippen molar-refractivity contribution in [3.05, 3.63) is 68.0 Å². The lowest BCUT2D eigenvalue weighted by Gasteiger charge is -2.09. The molecule has 3 aromatic rings. The molecule has 8 heteroatoms. The van der Waals surface area contributed by atoms with Crippen molar-refractivity contribution in [2.24, 2.45) is 0 Å². The minimum Gasteiger partial charge on any atom is -0.496 e. The molecule has 26 heavy (non-hydrogen) atoms. The fourth-order valence-electron chi connectivity index (χ4n) is 2.39. The summed E-state index contributed by atoms with van der Waals surface area (Å²) in [5, 5.41) is 1.85. The van der Waals surface area contributed by atoms with Gasteiger partial charge in [0.2, 0.25) is 15.8 Å². The Bertz CT molecular complexity index is 1020. The largest absolute Gasteiger partial charge is 0.496 e. The van der Waals surface area contributed by atoms with Gasteiger partial charge in [-0.3, -0.25) is 4.79 Å². The second-order valence-electron chi connectivity index (χ2n) is 5.53. The summed E-state index contributed by atoms with van der Waals surface area (Å²) in [5.74, 6) is 0.601. The molecule has 0 fully saturated rings. The van der Waals surface area contributed by atoms with E-state index in [9.17, 15) is 13.2 Å². The number of ether oxygens (including phenoxy) is 1. The fraction of sp³-hybridized carbons (Fsp3) is 0.167. The van der Waals surface area contributed by atoms with Crippen molar-refractivity contribution >= 4 is 38.5 Å². The number of benzene rings is 1. The average Bonchev–Trinajstić information content (AvgIpc) is 3.31. The summed E-state index contributed by atoms with van der Waals surface area (Å²) < 4.78 is 32.7. The molecule has 1 aromatic carbocycles. The molecule has 0 aliphatic rings. The molecule has 0 saturated heterocycles. The number of carbonyl (C=O) groups excluding carboxylic acids is 1. The number of rotatable bonds is 7. The highest BCUT2D eigenvalue weighted by molar-refractivity contribution is 7.89. The highest BCUT2D eigenvalue weighted by Gasteiger charge is 2.17. The number of aryl methyl sites for hydroxylation is 1. The summed E-state index contributed by atoms with van der Waals surface area (Å²) in [6.45, 7) is 1.93. The Kier molecular flexibility index (Phi) is 5.57. The number of sulfonamides is 1. The molecule has 0 atom stereocenters. The quantitative estimate of drug-likeness (QED) is 0.604. The first-order valence-electron chi connectivity index (χ1n) is 7.72. The predicted molar refractivity (Wildman–Crippen MR) is 104 cm³/mol. The molecule has 1 N–H and O–H groups in total. The summed E-state index contributed by atoms with van der Waals surface area (Å²) >= 11 is 2.68. The van der Waals surface area contributed by atoms with Gasteiger partial charge in [0.05, 0.1) is 21.8 Å². The van der Waals surface area contributed by atoms with Gasteiger partial charge in [-0.15, -0.1) is 22.7 Å². The summed E-state index contributed by atoms with van der Waals surface area (Å²) in [6, 6.07) is 11.8. The average molecular weight is 408 g/mol. The smallest absolute Gasteiger partial charge is 0.240 e. The van der Waals surface area contributed by atoms with E-state index in [1.165, 1.54) is 28.7 Å². The van der Waals surface area contributed by atoms with E-state index in [0.29, 0.717) is 15.5 Å². The molecular weight excluding hydrogens is 390 g/mol. The van der Waals surface area contributed by atoms with E-state index in [2.05, 4.69) is 4.72 Å². The minimum absolute atomic E-state index is 0.0371. The Labute approximate surface area is 160 Å². The van der Waals surface area contributed by atoms with Crippen molar-refractivity contribution in [2.75, 3.05) is 7.11 Å². The van der Waals surface area contributed by atoms with Crippen molar-refractivity contribution in [1.29, 1.82) is 0 Å². The van der Waals surface area contributed by atoms with E-state index in [1.807, 2.05) is 11.4 Å². The Morgan fingerprint density at radius 1 is 1.15 bits per heavy atom. The molecule has 0 spiro atoms. The standard InChI is InChI=1S/C18H17NO4S3/c1-12-10-14(6-7-15(12)23-2)26(21,22)19-11-13-5-8-17(25-13)18(20)16-4-3-9-24-16/h3-10,19H,11H2,1-2H3. The molecule has 2 heterocycles. The van der Waals surface area contributed by atoms with Crippen LogP contribution in [-0.4, -0.2) is 21.3 Å². The SMILES string of the molecule is COc1ccc(S(=O)(=O)NCc2ccc(C(=O)c3cccs3)s2)cc1C. The number of hydrogen-bond donors (Lipinski definition) is 1. The van der Waals surface area contributed by atoms with Crippen molar-refractivity contribution in [3.63, 3.8) is 0 Å². The van der Waals surface area contributed by atoms with Gasteiger partial charge >= 0.3 is 0 Å². The van der Waals surface area contributed by atoms with Crippen LogP contribution in [-0.2, 0) is 16.6 Å². The van der Waals surface area contributed by atoms with Crippen LogP contribution in [0.5, 0.6) is 5.75 Å². The number of hydrogen-bond acceptors (Lipinski definition) is 6. The van der Waals surface area contributed by atoms with Crippen LogP contribution in [0.1, 0.15) is 25.0 Å². The van der Waals surface area contributed by atoms with E-state index in [4.69, 9.17) is 4.74 Å². The fourth-order valence-corrected chi connectivity index (χ4v) is 5.22. The summed E-state index contributed by atoms with van der Waals surface area (Å²) in [4.78, 5) is 14.5. The van der Waals surface area contributed by atoms with Crippen LogP contribution in [0.3, 0.4) is 0 Å². The van der Waals surface area contributed by atoms with E-state index in [1.54, 1.807) is 44.4 Å². The lowest BCUT2D eigenvalue weighted by molar-refractivity contribution is 0.104. The molecule has 0 amide bonds. The van der Waals surface area contributed by atoms with Gasteiger partial charge in [-0.1, -0.05) is 6.07 Å². The third-order valence-corrected chi connectivity index (χ3v) is 7.09. The summed E-state index contributed by atoms with van der Waals surface area (Å²) in [6.07, 6.45) is 0. The first kappa shape index (κ1) is 18.8. The Morgan fingerprint density at radius 2 is 1.96 bits per heavy atom. The van der Waals surface area contributed by atoms with Crippen LogP contribution < -0.4 is 9.46 Å². The molecule has 136 valence electrons. The minimum atomic E-state index is -3.64. The Hall–Kier alpha value is -2.00. The number of carbonyl (C=O) groups is 1. The maximum Gasteiger partial charge on any atom is 0.240 e. The molecule has 3 rings (SSSR count). The maximum atomic E-state index is 12.5. The first-order valence-corrected chi connectivity index (χ1v) is 10.9. The van der Waals surface area contributed by atoms with E-state index in [-0.39, 0.29) is 17.2 Å². The number of methoxy groups -OCH3 is 1. The van der Waals surface area contributed by atoms with Crippen molar-refractivity contribution < 1.29 is 17.9 Å². The van der Waals surface area contributed by atoms with Crippen LogP contribution in [0.15, 0.2) is 52.7 Å². The number of thiophene rings is 2. The lowest BCUT2D eigenvalue weighted by Crippen LogP contribution is -2.22. The van der Waals surface area contributed by atoms with Crippen LogP contribution in [0.2, 0.25) is 0 Å². The van der Waals surface area contributed by atoms with Gasteiger partial charge in [0.25, 0.3) is 0 Å². The van der Waals surface area contributed by atoms with Gasteiger partial charge in [0.1, 0.15) is 5.75 Å². The third kappa shape index (κ3) is 4.04. The third-order valence-electron chi connectivity index (χ3n) is 3.74. The molecule has 0 bridgehead atoms. The molecule has 0 unspecified atom stereocenters. The van der Waals surface area contributed by atoms with Crippen LogP contribution in [0.25, 0.3) is 0 Å². The van der Waals surface area contributed by atoms with Crippen LogP contribution in [0, 0.1) is 6.92 Å². The second-order valence-corrected chi connectivity index (χ2v) is 9.41. The Morgan fingerprint density at radius 3 is 2.62 bits per heavy atom. The van der Waals surface area contributed by atoms with Gasteiger partial charge in [-0.05, 0) is 54.3 Å². The van der Waals surface area contributed by atoms with Crippen molar-refractivity contribution in [3.8, 4) is 5.75 Å². The van der Waals surface area contributed by atoms with Gasteiger partial charge in [0, 0.05) is 11.4 Å². The first-order chi connectivity index (χ1) is 12.4. The zero-order valence-electron chi connectivity index (χ0n) is 14.2. The Balaban J connectivity index is 1.70. The lowest BCUT2D eigenvalue weighted by atomic mass is 10.2. The van der Waals surface area contributed by atoms with Crippen LogP contribution in [0.4, 0.5) is 0 Å². The van der Waals surface area contributed by atoms with Gasteiger partial charge in [-0.25, -0.2) is 13.1 Å². The van der Waals surface area contributed by atoms with E-state index in [0.717, 1.165) is 10.4 Å². The topological polar surface area (TPSA) is 72.5 Å². The van der Waals surface area contributed by atoms with Crippen molar-refractivity contribution in [1.82, 2.24) is 4.72 Å². The highest BCUT2D eigenvalue weighted by Crippen LogP contribution is 2.24. The van der Waals surface area contributed by atoms with Crippen LogP contribution >= 0.6 is 22.7 Å². The normalized spacial score (nSPS) is 11.5. The van der Waals surface area contributed by atoms with Crippen molar-refractivity contribution in [2.45, 2.75) is 18.4 Å².